The maximum Gasteiger partial charge on any atom is 0.380 e. The smallest absolute Gasteiger partial charge is 0.380 e. The van der Waals surface area contributed by atoms with E-state index in [1.165, 1.54) is 0 Å². The number of hydrogen-bond donors (Lipinski definition) is 2. The van der Waals surface area contributed by atoms with E-state index in [2.05, 4.69) is 4.52 Å². The summed E-state index contributed by atoms with van der Waals surface area (Å²) in [6.07, 6.45) is -6.92. The Hall–Kier alpha value is 0.650. The van der Waals surface area contributed by atoms with Crippen LogP contribution in [0.3, 0.4) is 0 Å². The molecule has 84 valence electrons. The third kappa shape index (κ3) is 3.35. The molecule has 5 nitrogen and oxygen atoms in total. The van der Waals surface area contributed by atoms with Crippen LogP contribution in [-0.4, -0.2) is 41.2 Å². The first-order valence-corrected chi connectivity index (χ1v) is 7.40. The van der Waals surface area contributed by atoms with Crippen LogP contribution in [0.4, 0.5) is 0 Å². The number of ether oxygens (including phenoxy) is 1. The van der Waals surface area contributed by atoms with Crippen molar-refractivity contribution in [2.45, 2.75) is 31.3 Å². The van der Waals surface area contributed by atoms with Crippen molar-refractivity contribution in [3.63, 3.8) is 0 Å². The molecule has 0 spiro atoms. The van der Waals surface area contributed by atoms with Crippen LogP contribution in [0, 0.1) is 0 Å². The molecule has 1 aliphatic rings. The second-order valence-corrected chi connectivity index (χ2v) is 7.35. The highest BCUT2D eigenvalue weighted by Crippen LogP contribution is 2.57. The first kappa shape index (κ1) is 12.7. The molecule has 14 heavy (non-hydrogen) atoms. The molecule has 1 aliphatic heterocycles. The quantitative estimate of drug-likeness (QED) is 0.747. The SMILES string of the molecule is CC1O[C@H](COP(=O)(Cl)Cl)[C@@H](O)[C@H]1O. The van der Waals surface area contributed by atoms with Crippen LogP contribution in [0.1, 0.15) is 6.92 Å². The minimum absolute atomic E-state index is 0.215. The van der Waals surface area contributed by atoms with E-state index in [4.69, 9.17) is 27.2 Å². The van der Waals surface area contributed by atoms with Gasteiger partial charge < -0.3 is 19.5 Å². The lowest BCUT2D eigenvalue weighted by Crippen LogP contribution is -2.33. The standard InChI is InChI=1S/C6H11Cl2O5P/c1-3-5(9)6(10)4(13-3)2-12-14(7,8)11/h3-6,9-10H,2H2,1H3/t3?,4-,5+,6-/m1/s1. The van der Waals surface area contributed by atoms with E-state index in [0.717, 1.165) is 0 Å². The van der Waals surface area contributed by atoms with Gasteiger partial charge in [0, 0.05) is 0 Å². The molecule has 0 aromatic carbocycles. The zero-order valence-electron chi connectivity index (χ0n) is 7.34. The van der Waals surface area contributed by atoms with E-state index in [1.807, 2.05) is 0 Å². The van der Waals surface area contributed by atoms with Crippen molar-refractivity contribution >= 4 is 28.6 Å². The molecule has 1 unspecified atom stereocenters. The van der Waals surface area contributed by atoms with Crippen molar-refractivity contribution < 1.29 is 24.0 Å². The Kier molecular flexibility index (Phi) is 4.23. The second-order valence-electron chi connectivity index (χ2n) is 3.07. The molecule has 0 saturated carbocycles. The molecule has 2 N–H and O–H groups in total. The van der Waals surface area contributed by atoms with Crippen LogP contribution in [0.25, 0.3) is 0 Å². The summed E-state index contributed by atoms with van der Waals surface area (Å²) < 4.78 is 20.4. The van der Waals surface area contributed by atoms with Crippen LogP contribution in [0.5, 0.6) is 0 Å². The molecule has 0 radical (unpaired) electrons. The van der Waals surface area contributed by atoms with Crippen LogP contribution in [0.15, 0.2) is 0 Å². The van der Waals surface area contributed by atoms with Gasteiger partial charge in [0.15, 0.2) is 0 Å². The van der Waals surface area contributed by atoms with Gasteiger partial charge in [-0.3, -0.25) is 4.57 Å². The summed E-state index contributed by atoms with van der Waals surface area (Å²) in [5.41, 5.74) is 0. The Morgan fingerprint density at radius 2 is 2.00 bits per heavy atom. The van der Waals surface area contributed by atoms with Crippen LogP contribution < -0.4 is 0 Å². The topological polar surface area (TPSA) is 76.0 Å². The van der Waals surface area contributed by atoms with Crippen molar-refractivity contribution in [2.75, 3.05) is 6.61 Å². The summed E-state index contributed by atoms with van der Waals surface area (Å²) in [5.74, 6) is 0. The van der Waals surface area contributed by atoms with Gasteiger partial charge >= 0.3 is 6.07 Å². The van der Waals surface area contributed by atoms with Crippen molar-refractivity contribution in [3.05, 3.63) is 0 Å². The fraction of sp³-hybridized carbons (Fsp3) is 1.00. The Bertz CT molecular complexity index is 244. The first-order valence-electron chi connectivity index (χ1n) is 3.97. The summed E-state index contributed by atoms with van der Waals surface area (Å²) in [7, 11) is 0. The molecule has 8 heteroatoms. The number of aliphatic hydroxyl groups excluding tert-OH is 2. The third-order valence-corrected chi connectivity index (χ3v) is 3.03. The maximum atomic E-state index is 10.7. The van der Waals surface area contributed by atoms with Gasteiger partial charge in [-0.15, -0.1) is 0 Å². The van der Waals surface area contributed by atoms with Gasteiger partial charge in [0.2, 0.25) is 0 Å². The van der Waals surface area contributed by atoms with E-state index in [1.54, 1.807) is 6.92 Å². The van der Waals surface area contributed by atoms with Gasteiger partial charge in [-0.05, 0) is 29.4 Å². The van der Waals surface area contributed by atoms with E-state index in [-0.39, 0.29) is 6.61 Å². The van der Waals surface area contributed by atoms with Crippen LogP contribution >= 0.6 is 28.6 Å². The van der Waals surface area contributed by atoms with Crippen molar-refractivity contribution in [1.29, 1.82) is 0 Å². The molecule has 0 amide bonds. The van der Waals surface area contributed by atoms with Gasteiger partial charge in [-0.2, -0.15) is 0 Å². The summed E-state index contributed by atoms with van der Waals surface area (Å²) in [4.78, 5) is 0. The number of hydrogen-bond acceptors (Lipinski definition) is 5. The zero-order chi connectivity index (χ0) is 10.9. The monoisotopic (exact) mass is 264 g/mol. The summed E-state index contributed by atoms with van der Waals surface area (Å²) >= 11 is 10.3. The lowest BCUT2D eigenvalue weighted by atomic mass is 10.1. The molecular formula is C6H11Cl2O5P. The molecule has 1 fully saturated rings. The molecule has 1 rings (SSSR count). The van der Waals surface area contributed by atoms with Crippen molar-refractivity contribution in [3.8, 4) is 0 Å². The molecular weight excluding hydrogens is 254 g/mol. The second kappa shape index (κ2) is 4.66. The maximum absolute atomic E-state index is 10.7. The van der Waals surface area contributed by atoms with Gasteiger partial charge in [0.05, 0.1) is 12.7 Å². The predicted molar refractivity (Wildman–Crippen MR) is 51.6 cm³/mol. The highest BCUT2D eigenvalue weighted by Gasteiger charge is 2.40. The lowest BCUT2D eigenvalue weighted by Gasteiger charge is -2.14. The Labute approximate surface area is 90.9 Å². The highest BCUT2D eigenvalue weighted by atomic mass is 35.9. The molecule has 0 aliphatic carbocycles. The molecule has 4 atom stereocenters. The minimum atomic E-state index is -3.61. The predicted octanol–water partition coefficient (Wildman–Crippen LogP) is 1.10. The molecule has 1 heterocycles. The van der Waals surface area contributed by atoms with E-state index >= 15 is 0 Å². The average Bonchev–Trinajstić information content (AvgIpc) is 2.28. The van der Waals surface area contributed by atoms with Gasteiger partial charge in [-0.1, -0.05) is 0 Å². The number of rotatable bonds is 3. The summed E-state index contributed by atoms with van der Waals surface area (Å²) in [6.45, 7) is 1.39. The van der Waals surface area contributed by atoms with Crippen molar-refractivity contribution in [2.24, 2.45) is 0 Å². The van der Waals surface area contributed by atoms with Crippen LogP contribution in [0.2, 0.25) is 0 Å². The van der Waals surface area contributed by atoms with E-state index in [0.29, 0.717) is 0 Å². The summed E-state index contributed by atoms with van der Waals surface area (Å²) in [5, 5.41) is 18.7. The minimum Gasteiger partial charge on any atom is -0.388 e. The number of aliphatic hydroxyl groups is 2. The molecule has 0 aromatic heterocycles. The van der Waals surface area contributed by atoms with E-state index < -0.39 is 30.5 Å². The normalized spacial score (nSPS) is 38.9. The third-order valence-electron chi connectivity index (χ3n) is 1.99. The van der Waals surface area contributed by atoms with Gasteiger partial charge in [-0.25, -0.2) is 0 Å². The Balaban J connectivity index is 2.44. The first-order chi connectivity index (χ1) is 6.31. The molecule has 0 aromatic rings. The fourth-order valence-electron chi connectivity index (χ4n) is 1.23. The van der Waals surface area contributed by atoms with Gasteiger partial charge in [0.1, 0.15) is 18.3 Å². The molecule has 0 bridgehead atoms. The largest absolute Gasteiger partial charge is 0.388 e. The zero-order valence-corrected chi connectivity index (χ0v) is 9.75. The lowest BCUT2D eigenvalue weighted by molar-refractivity contribution is -0.00914. The average molecular weight is 265 g/mol. The molecule has 1 saturated heterocycles. The summed E-state index contributed by atoms with van der Waals surface area (Å²) in [6, 6.07) is 0. The Morgan fingerprint density at radius 3 is 2.36 bits per heavy atom. The van der Waals surface area contributed by atoms with Gasteiger partial charge in [0.25, 0.3) is 0 Å². The Morgan fingerprint density at radius 1 is 1.43 bits per heavy atom. The van der Waals surface area contributed by atoms with E-state index in [9.17, 15) is 14.8 Å². The number of halogens is 2. The van der Waals surface area contributed by atoms with Crippen molar-refractivity contribution in [1.82, 2.24) is 0 Å². The van der Waals surface area contributed by atoms with Crippen LogP contribution in [-0.2, 0) is 13.8 Å². The fourth-order valence-corrected chi connectivity index (χ4v) is 1.89. The highest BCUT2D eigenvalue weighted by molar-refractivity contribution is 8.05.